The van der Waals surface area contributed by atoms with Gasteiger partial charge >= 0.3 is 0 Å². The van der Waals surface area contributed by atoms with Crippen LogP contribution in [-0.2, 0) is 4.79 Å². The molecule has 0 spiro atoms. The van der Waals surface area contributed by atoms with Crippen LogP contribution >= 0.6 is 0 Å². The van der Waals surface area contributed by atoms with E-state index < -0.39 is 0 Å². The van der Waals surface area contributed by atoms with E-state index in [2.05, 4.69) is 10.3 Å². The fourth-order valence-corrected chi connectivity index (χ4v) is 1.92. The Balaban J connectivity index is 1.67. The summed E-state index contributed by atoms with van der Waals surface area (Å²) in [5.74, 6) is 6.83. The fourth-order valence-electron chi connectivity index (χ4n) is 1.92. The molecule has 2 saturated carbocycles. The summed E-state index contributed by atoms with van der Waals surface area (Å²) in [7, 11) is 0. The van der Waals surface area contributed by atoms with E-state index >= 15 is 0 Å². The van der Waals surface area contributed by atoms with Gasteiger partial charge in [0.2, 0.25) is 5.91 Å². The van der Waals surface area contributed by atoms with Crippen molar-refractivity contribution in [2.75, 3.05) is 19.6 Å². The van der Waals surface area contributed by atoms with E-state index in [4.69, 9.17) is 5.84 Å². The Morgan fingerprint density at radius 1 is 1.20 bits per heavy atom. The fraction of sp³-hybridized carbons (Fsp3) is 0.909. The van der Waals surface area contributed by atoms with Gasteiger partial charge in [0.25, 0.3) is 0 Å². The second-order valence-electron chi connectivity index (χ2n) is 4.96. The van der Waals surface area contributed by atoms with Crippen LogP contribution in [0.25, 0.3) is 0 Å². The largest absolute Gasteiger partial charge is 0.302 e. The lowest BCUT2D eigenvalue weighted by Gasteiger charge is -2.21. The van der Waals surface area contributed by atoms with Gasteiger partial charge in [-0.15, -0.1) is 0 Å². The molecule has 2 aliphatic carbocycles. The third-order valence-electron chi connectivity index (χ3n) is 3.24. The van der Waals surface area contributed by atoms with Crippen LogP contribution in [0.1, 0.15) is 32.1 Å². The summed E-state index contributed by atoms with van der Waals surface area (Å²) < 4.78 is 0. The van der Waals surface area contributed by atoms with Gasteiger partial charge in [0.1, 0.15) is 0 Å². The number of hydrogen-bond acceptors (Lipinski definition) is 3. The highest BCUT2D eigenvalue weighted by atomic mass is 16.2. The number of amides is 1. The summed E-state index contributed by atoms with van der Waals surface area (Å²) in [6, 6.07) is 0. The summed E-state index contributed by atoms with van der Waals surface area (Å²) in [4.78, 5) is 13.5. The summed E-state index contributed by atoms with van der Waals surface area (Å²) in [6.45, 7) is 3.25. The van der Waals surface area contributed by atoms with Crippen LogP contribution in [0, 0.1) is 11.8 Å². The van der Waals surface area contributed by atoms with Crippen molar-refractivity contribution in [2.45, 2.75) is 32.1 Å². The third-order valence-corrected chi connectivity index (χ3v) is 3.24. The average molecular weight is 211 g/mol. The molecule has 3 N–H and O–H groups in total. The normalized spacial score (nSPS) is 20.7. The van der Waals surface area contributed by atoms with E-state index in [9.17, 15) is 4.79 Å². The number of nitrogens with two attached hydrogens (primary N) is 1. The van der Waals surface area contributed by atoms with Crippen molar-refractivity contribution in [3.05, 3.63) is 0 Å². The van der Waals surface area contributed by atoms with Crippen LogP contribution < -0.4 is 11.3 Å². The predicted molar refractivity (Wildman–Crippen MR) is 58.8 cm³/mol. The molecule has 4 heteroatoms. The van der Waals surface area contributed by atoms with E-state index in [-0.39, 0.29) is 5.91 Å². The molecule has 0 saturated heterocycles. The molecule has 0 unspecified atom stereocenters. The molecule has 4 nitrogen and oxygen atoms in total. The quantitative estimate of drug-likeness (QED) is 0.366. The Morgan fingerprint density at radius 2 is 1.73 bits per heavy atom. The minimum Gasteiger partial charge on any atom is -0.302 e. The maximum Gasteiger partial charge on any atom is 0.235 e. The zero-order chi connectivity index (χ0) is 10.7. The van der Waals surface area contributed by atoms with Crippen molar-refractivity contribution < 1.29 is 4.79 Å². The van der Waals surface area contributed by atoms with Crippen LogP contribution in [0.4, 0.5) is 0 Å². The molecule has 1 amide bonds. The van der Waals surface area contributed by atoms with Crippen LogP contribution in [0.3, 0.4) is 0 Å². The molecule has 86 valence electrons. The Bertz CT molecular complexity index is 210. The third kappa shape index (κ3) is 4.18. The Hall–Kier alpha value is -0.610. The molecule has 0 aliphatic heterocycles. The van der Waals surface area contributed by atoms with Gasteiger partial charge in [0, 0.05) is 26.1 Å². The van der Waals surface area contributed by atoms with Gasteiger partial charge in [0.15, 0.2) is 0 Å². The maximum absolute atomic E-state index is 11.1. The molecular formula is C11H21N3O. The summed E-state index contributed by atoms with van der Waals surface area (Å²) >= 11 is 0. The SMILES string of the molecule is NNC(=O)CCN(CC1CC1)CC1CC1. The molecular weight excluding hydrogens is 190 g/mol. The van der Waals surface area contributed by atoms with Gasteiger partial charge in [-0.2, -0.15) is 0 Å². The molecule has 0 atom stereocenters. The topological polar surface area (TPSA) is 58.4 Å². The van der Waals surface area contributed by atoms with Gasteiger partial charge in [-0.05, 0) is 37.5 Å². The molecule has 0 aromatic rings. The van der Waals surface area contributed by atoms with Crippen LogP contribution in [0.5, 0.6) is 0 Å². The second kappa shape index (κ2) is 4.94. The summed E-state index contributed by atoms with van der Waals surface area (Å²) in [5, 5.41) is 0. The zero-order valence-electron chi connectivity index (χ0n) is 9.24. The lowest BCUT2D eigenvalue weighted by Crippen LogP contribution is -2.36. The number of carbonyl (C=O) groups excluding carboxylic acids is 1. The van der Waals surface area contributed by atoms with Crippen molar-refractivity contribution in [3.8, 4) is 0 Å². The van der Waals surface area contributed by atoms with Crippen LogP contribution in [0.15, 0.2) is 0 Å². The number of nitrogens with one attached hydrogen (secondary N) is 1. The first-order valence-electron chi connectivity index (χ1n) is 5.99. The zero-order valence-corrected chi connectivity index (χ0v) is 9.24. The van der Waals surface area contributed by atoms with Crippen LogP contribution in [0.2, 0.25) is 0 Å². The first-order chi connectivity index (χ1) is 7.28. The molecule has 0 bridgehead atoms. The molecule has 0 radical (unpaired) electrons. The molecule has 2 rings (SSSR count). The van der Waals surface area contributed by atoms with E-state index in [0.717, 1.165) is 18.4 Å². The molecule has 0 heterocycles. The highest BCUT2D eigenvalue weighted by molar-refractivity contribution is 5.75. The first-order valence-corrected chi connectivity index (χ1v) is 5.99. The number of hydrazine groups is 1. The van der Waals surface area contributed by atoms with Crippen molar-refractivity contribution in [2.24, 2.45) is 17.7 Å². The first kappa shape index (κ1) is 10.9. The number of rotatable bonds is 7. The van der Waals surface area contributed by atoms with E-state index in [1.54, 1.807) is 0 Å². The summed E-state index contributed by atoms with van der Waals surface area (Å²) in [5.41, 5.74) is 2.19. The van der Waals surface area contributed by atoms with E-state index in [1.165, 1.54) is 38.8 Å². The number of nitrogens with zero attached hydrogens (tertiary/aromatic N) is 1. The monoisotopic (exact) mass is 211 g/mol. The molecule has 2 fully saturated rings. The highest BCUT2D eigenvalue weighted by Gasteiger charge is 2.29. The molecule has 0 aromatic heterocycles. The van der Waals surface area contributed by atoms with Gasteiger partial charge < -0.3 is 4.90 Å². The van der Waals surface area contributed by atoms with Crippen molar-refractivity contribution >= 4 is 5.91 Å². The molecule has 2 aliphatic rings. The molecule has 0 aromatic carbocycles. The van der Waals surface area contributed by atoms with Gasteiger partial charge in [-0.1, -0.05) is 0 Å². The van der Waals surface area contributed by atoms with Gasteiger partial charge in [-0.3, -0.25) is 10.2 Å². The minimum absolute atomic E-state index is 0.0495. The van der Waals surface area contributed by atoms with Gasteiger partial charge in [0.05, 0.1) is 0 Å². The number of hydrogen-bond donors (Lipinski definition) is 2. The standard InChI is InChI=1S/C11H21N3O/c12-13-11(15)5-6-14(7-9-1-2-9)8-10-3-4-10/h9-10H,1-8,12H2,(H,13,15). The predicted octanol–water partition coefficient (Wildman–Crippen LogP) is 0.488. The van der Waals surface area contributed by atoms with Gasteiger partial charge in [-0.25, -0.2) is 5.84 Å². The second-order valence-corrected chi connectivity index (χ2v) is 4.96. The van der Waals surface area contributed by atoms with Crippen molar-refractivity contribution in [1.29, 1.82) is 0 Å². The lowest BCUT2D eigenvalue weighted by molar-refractivity contribution is -0.121. The summed E-state index contributed by atoms with van der Waals surface area (Å²) in [6.07, 6.45) is 6.05. The van der Waals surface area contributed by atoms with Crippen molar-refractivity contribution in [3.63, 3.8) is 0 Å². The number of carbonyl (C=O) groups is 1. The van der Waals surface area contributed by atoms with E-state index in [0.29, 0.717) is 6.42 Å². The maximum atomic E-state index is 11.1. The Kier molecular flexibility index (Phi) is 3.59. The minimum atomic E-state index is -0.0495. The van der Waals surface area contributed by atoms with Crippen LogP contribution in [-0.4, -0.2) is 30.4 Å². The molecule has 15 heavy (non-hydrogen) atoms. The van der Waals surface area contributed by atoms with E-state index in [1.807, 2.05) is 0 Å². The smallest absolute Gasteiger partial charge is 0.235 e. The van der Waals surface area contributed by atoms with Crippen molar-refractivity contribution in [1.82, 2.24) is 10.3 Å². The Morgan fingerprint density at radius 3 is 2.13 bits per heavy atom. The average Bonchev–Trinajstić information content (AvgIpc) is 3.08. The Labute approximate surface area is 91.2 Å². The highest BCUT2D eigenvalue weighted by Crippen LogP contribution is 2.33. The lowest BCUT2D eigenvalue weighted by atomic mass is 10.3.